The first-order valence-electron chi connectivity index (χ1n) is 6.42. The van der Waals surface area contributed by atoms with E-state index in [1.54, 1.807) is 18.2 Å². The average molecular weight is 301 g/mol. The maximum Gasteiger partial charge on any atom is 0.215 e. The van der Waals surface area contributed by atoms with Crippen LogP contribution in [0.3, 0.4) is 0 Å². The first-order chi connectivity index (χ1) is 9.22. The molecular formula is C13H23N3O3S. The summed E-state index contributed by atoms with van der Waals surface area (Å²) in [5, 5.41) is 3.06. The Hall–Kier alpha value is -1.47. The number of hydrogen-bond acceptors (Lipinski definition) is 5. The first kappa shape index (κ1) is 16.6. The van der Waals surface area contributed by atoms with Crippen molar-refractivity contribution < 1.29 is 13.2 Å². The molecule has 3 N–H and O–H groups in total. The van der Waals surface area contributed by atoms with Crippen molar-refractivity contribution in [1.29, 1.82) is 0 Å². The molecule has 0 heterocycles. The third kappa shape index (κ3) is 4.90. The van der Waals surface area contributed by atoms with Crippen LogP contribution in [0.5, 0.6) is 5.75 Å². The van der Waals surface area contributed by atoms with Crippen molar-refractivity contribution >= 4 is 21.4 Å². The number of nitrogen functional groups attached to an aromatic ring is 1. The van der Waals surface area contributed by atoms with Gasteiger partial charge in [-0.05, 0) is 26.0 Å². The van der Waals surface area contributed by atoms with Crippen LogP contribution in [0.2, 0.25) is 0 Å². The Morgan fingerprint density at radius 1 is 1.35 bits per heavy atom. The van der Waals surface area contributed by atoms with Gasteiger partial charge in [-0.2, -0.15) is 0 Å². The summed E-state index contributed by atoms with van der Waals surface area (Å²) in [5.41, 5.74) is 7.16. The molecule has 0 fully saturated rings. The van der Waals surface area contributed by atoms with E-state index >= 15 is 0 Å². The Kier molecular flexibility index (Phi) is 5.64. The van der Waals surface area contributed by atoms with Crippen molar-refractivity contribution in [2.45, 2.75) is 20.0 Å². The van der Waals surface area contributed by atoms with Gasteiger partial charge in [0.25, 0.3) is 0 Å². The van der Waals surface area contributed by atoms with Crippen molar-refractivity contribution in [1.82, 2.24) is 4.31 Å². The third-order valence-electron chi connectivity index (χ3n) is 2.62. The molecule has 0 aliphatic rings. The van der Waals surface area contributed by atoms with Gasteiger partial charge in [0.1, 0.15) is 5.75 Å². The Bertz CT molecular complexity index is 542. The number of anilines is 2. The fourth-order valence-corrected chi connectivity index (χ4v) is 2.23. The van der Waals surface area contributed by atoms with Crippen LogP contribution in [-0.2, 0) is 10.0 Å². The second-order valence-electron chi connectivity index (χ2n) is 4.94. The van der Waals surface area contributed by atoms with Gasteiger partial charge < -0.3 is 15.8 Å². The highest BCUT2D eigenvalue weighted by Crippen LogP contribution is 2.26. The molecule has 0 unspecified atom stereocenters. The molecule has 0 atom stereocenters. The molecule has 0 aliphatic carbocycles. The maximum absolute atomic E-state index is 11.6. The number of ether oxygens (including phenoxy) is 1. The van der Waals surface area contributed by atoms with Crippen molar-refractivity contribution in [3.8, 4) is 5.75 Å². The lowest BCUT2D eigenvalue weighted by atomic mass is 10.2. The molecule has 0 radical (unpaired) electrons. The summed E-state index contributed by atoms with van der Waals surface area (Å²) in [5.74, 6) is 0.630. The molecule has 0 saturated heterocycles. The van der Waals surface area contributed by atoms with E-state index in [-0.39, 0.29) is 11.9 Å². The van der Waals surface area contributed by atoms with E-state index in [9.17, 15) is 8.42 Å². The lowest BCUT2D eigenvalue weighted by Crippen LogP contribution is -2.28. The van der Waals surface area contributed by atoms with Crippen LogP contribution in [-0.4, -0.2) is 45.2 Å². The number of sulfonamides is 1. The van der Waals surface area contributed by atoms with Gasteiger partial charge in [0, 0.05) is 32.4 Å². The van der Waals surface area contributed by atoms with Crippen LogP contribution in [0.1, 0.15) is 13.8 Å². The first-order valence-corrected chi connectivity index (χ1v) is 8.03. The van der Waals surface area contributed by atoms with E-state index in [0.29, 0.717) is 18.0 Å². The molecule has 1 rings (SSSR count). The lowest BCUT2D eigenvalue weighted by molar-refractivity contribution is 0.244. The van der Waals surface area contributed by atoms with Crippen molar-refractivity contribution in [3.63, 3.8) is 0 Å². The van der Waals surface area contributed by atoms with E-state index in [2.05, 4.69) is 5.32 Å². The van der Waals surface area contributed by atoms with Gasteiger partial charge in [-0.25, -0.2) is 12.7 Å². The Morgan fingerprint density at radius 3 is 2.55 bits per heavy atom. The molecule has 0 aliphatic heterocycles. The zero-order valence-electron chi connectivity index (χ0n) is 12.4. The predicted octanol–water partition coefficient (Wildman–Crippen LogP) is 1.36. The number of nitrogens with two attached hydrogens (primary N) is 1. The Balaban J connectivity index is 2.65. The van der Waals surface area contributed by atoms with E-state index in [4.69, 9.17) is 10.5 Å². The number of nitrogens with zero attached hydrogens (tertiary/aromatic N) is 1. The van der Waals surface area contributed by atoms with Gasteiger partial charge in [-0.1, -0.05) is 0 Å². The summed E-state index contributed by atoms with van der Waals surface area (Å²) in [6, 6.07) is 5.31. The monoisotopic (exact) mass is 301 g/mol. The second kappa shape index (κ2) is 6.81. The summed E-state index contributed by atoms with van der Waals surface area (Å²) < 4.78 is 30.0. The molecule has 7 heteroatoms. The van der Waals surface area contributed by atoms with Gasteiger partial charge in [0.05, 0.1) is 17.5 Å². The fraction of sp³-hybridized carbons (Fsp3) is 0.538. The zero-order chi connectivity index (χ0) is 15.3. The largest absolute Gasteiger partial charge is 0.489 e. The Morgan fingerprint density at radius 2 is 2.00 bits per heavy atom. The molecule has 20 heavy (non-hydrogen) atoms. The van der Waals surface area contributed by atoms with Gasteiger partial charge in [-0.15, -0.1) is 0 Å². The summed E-state index contributed by atoms with van der Waals surface area (Å²) in [7, 11) is -0.149. The van der Waals surface area contributed by atoms with E-state index < -0.39 is 10.0 Å². The normalized spacial score (nSPS) is 11.9. The molecule has 114 valence electrons. The highest BCUT2D eigenvalue weighted by atomic mass is 32.2. The van der Waals surface area contributed by atoms with Crippen molar-refractivity contribution in [3.05, 3.63) is 18.2 Å². The van der Waals surface area contributed by atoms with Crippen LogP contribution in [0.15, 0.2) is 18.2 Å². The lowest BCUT2D eigenvalue weighted by Gasteiger charge is -2.15. The summed E-state index contributed by atoms with van der Waals surface area (Å²) >= 11 is 0. The molecule has 0 bridgehead atoms. The van der Waals surface area contributed by atoms with Crippen molar-refractivity contribution in [2.75, 3.05) is 37.4 Å². The summed E-state index contributed by atoms with van der Waals surface area (Å²) in [6.07, 6.45) is 0.0293. The maximum atomic E-state index is 11.6. The molecule has 1 aromatic carbocycles. The standard InChI is InChI=1S/C13H23N3O3S/c1-10(2)19-13-9-11(5-6-12(13)14)15-7-8-20(17,18)16(3)4/h5-6,9-10,15H,7-8,14H2,1-4H3. The molecule has 6 nitrogen and oxygen atoms in total. The fourth-order valence-electron chi connectivity index (χ4n) is 1.51. The smallest absolute Gasteiger partial charge is 0.215 e. The van der Waals surface area contributed by atoms with Crippen LogP contribution in [0.4, 0.5) is 11.4 Å². The number of hydrogen-bond donors (Lipinski definition) is 2. The average Bonchev–Trinajstić information content (AvgIpc) is 2.32. The minimum Gasteiger partial charge on any atom is -0.489 e. The number of rotatable bonds is 7. The highest BCUT2D eigenvalue weighted by molar-refractivity contribution is 7.89. The van der Waals surface area contributed by atoms with Crippen LogP contribution < -0.4 is 15.8 Å². The number of nitrogens with one attached hydrogen (secondary N) is 1. The van der Waals surface area contributed by atoms with Crippen LogP contribution in [0.25, 0.3) is 0 Å². The molecule has 1 aromatic rings. The van der Waals surface area contributed by atoms with Crippen LogP contribution >= 0.6 is 0 Å². The minimum atomic E-state index is -3.19. The quantitative estimate of drug-likeness (QED) is 0.743. The summed E-state index contributed by atoms with van der Waals surface area (Å²) in [6.45, 7) is 4.16. The zero-order valence-corrected chi connectivity index (χ0v) is 13.2. The molecule has 0 saturated carbocycles. The van der Waals surface area contributed by atoms with E-state index in [1.165, 1.54) is 18.4 Å². The predicted molar refractivity (Wildman–Crippen MR) is 82.6 cm³/mol. The summed E-state index contributed by atoms with van der Waals surface area (Å²) in [4.78, 5) is 0. The number of benzene rings is 1. The van der Waals surface area contributed by atoms with Gasteiger partial charge >= 0.3 is 0 Å². The van der Waals surface area contributed by atoms with Crippen LogP contribution in [0, 0.1) is 0 Å². The molecular weight excluding hydrogens is 278 g/mol. The van der Waals surface area contributed by atoms with Gasteiger partial charge in [0.2, 0.25) is 10.0 Å². The van der Waals surface area contributed by atoms with E-state index in [1.807, 2.05) is 13.8 Å². The van der Waals surface area contributed by atoms with Gasteiger partial charge in [-0.3, -0.25) is 0 Å². The molecule has 0 aromatic heterocycles. The van der Waals surface area contributed by atoms with E-state index in [0.717, 1.165) is 5.69 Å². The second-order valence-corrected chi connectivity index (χ2v) is 7.25. The molecule has 0 spiro atoms. The molecule has 0 amide bonds. The topological polar surface area (TPSA) is 84.7 Å². The SMILES string of the molecule is CC(C)Oc1cc(NCCS(=O)(=O)N(C)C)ccc1N. The third-order valence-corrected chi connectivity index (χ3v) is 4.45. The van der Waals surface area contributed by atoms with Crippen molar-refractivity contribution in [2.24, 2.45) is 0 Å². The van der Waals surface area contributed by atoms with Gasteiger partial charge in [0.15, 0.2) is 0 Å². The minimum absolute atomic E-state index is 0.0293. The Labute approximate surface area is 121 Å². The highest BCUT2D eigenvalue weighted by Gasteiger charge is 2.12.